The fourth-order valence-corrected chi connectivity index (χ4v) is 9.23. The van der Waals surface area contributed by atoms with Crippen molar-refractivity contribution >= 4 is 75.0 Å². The van der Waals surface area contributed by atoms with Gasteiger partial charge in [0.05, 0.1) is 22.2 Å². The zero-order chi connectivity index (χ0) is 34.2. The Balaban J connectivity index is 1.18. The average molecular weight is 680 g/mol. The van der Waals surface area contributed by atoms with Crippen LogP contribution in [0.1, 0.15) is 0 Å². The summed E-state index contributed by atoms with van der Waals surface area (Å²) in [6.07, 6.45) is 0. The molecule has 0 aliphatic rings. The van der Waals surface area contributed by atoms with Gasteiger partial charge in [0.2, 0.25) is 0 Å². The molecule has 0 aliphatic carbocycles. The van der Waals surface area contributed by atoms with Gasteiger partial charge in [0.1, 0.15) is 0 Å². The van der Waals surface area contributed by atoms with Crippen molar-refractivity contribution in [2.75, 3.05) is 0 Å². The van der Waals surface area contributed by atoms with E-state index in [1.165, 1.54) is 63.9 Å². The lowest BCUT2D eigenvalue weighted by Crippen LogP contribution is -1.95. The number of nitrogens with zero attached hydrogens (tertiary/aromatic N) is 3. The molecule has 11 aromatic rings. The highest BCUT2D eigenvalue weighted by Gasteiger charge is 2.20. The van der Waals surface area contributed by atoms with Crippen molar-refractivity contribution in [2.45, 2.75) is 0 Å². The summed E-state index contributed by atoms with van der Waals surface area (Å²) in [6, 6.07) is 63.1. The maximum atomic E-state index is 5.28. The highest BCUT2D eigenvalue weighted by molar-refractivity contribution is 7.26. The predicted molar refractivity (Wildman–Crippen MR) is 221 cm³/mol. The lowest BCUT2D eigenvalue weighted by molar-refractivity contribution is 1.18. The van der Waals surface area contributed by atoms with E-state index < -0.39 is 0 Å². The van der Waals surface area contributed by atoms with Gasteiger partial charge in [-0.2, -0.15) is 0 Å². The van der Waals surface area contributed by atoms with E-state index in [0.717, 1.165) is 39.2 Å². The number of fused-ring (bicyclic) bond motifs is 9. The Morgan fingerprint density at radius 2 is 1.12 bits per heavy atom. The molecule has 4 heteroatoms. The first-order chi connectivity index (χ1) is 25.8. The molecule has 3 aromatic heterocycles. The highest BCUT2D eigenvalue weighted by Crippen LogP contribution is 2.45. The molecule has 0 bridgehead atoms. The second kappa shape index (κ2) is 11.5. The molecular weight excluding hydrogens is 651 g/mol. The van der Waals surface area contributed by atoms with Crippen LogP contribution in [-0.2, 0) is 0 Å². The predicted octanol–water partition coefficient (Wildman–Crippen LogP) is 13.2. The molecule has 0 radical (unpaired) electrons. The van der Waals surface area contributed by atoms with Crippen LogP contribution in [0.2, 0.25) is 0 Å². The van der Waals surface area contributed by atoms with E-state index in [-0.39, 0.29) is 0 Å². The van der Waals surface area contributed by atoms with Crippen LogP contribution < -0.4 is 0 Å². The third kappa shape index (κ3) is 4.38. The van der Waals surface area contributed by atoms with Crippen LogP contribution in [-0.4, -0.2) is 14.5 Å². The van der Waals surface area contributed by atoms with Crippen molar-refractivity contribution in [3.63, 3.8) is 0 Å². The lowest BCUT2D eigenvalue weighted by Gasteiger charge is -2.13. The van der Waals surface area contributed by atoms with Crippen molar-refractivity contribution in [2.24, 2.45) is 0 Å². The first kappa shape index (κ1) is 29.1. The zero-order valence-electron chi connectivity index (χ0n) is 28.0. The minimum atomic E-state index is 0.743. The Hall–Kier alpha value is -6.62. The molecule has 3 heterocycles. The van der Waals surface area contributed by atoms with Crippen LogP contribution in [0.15, 0.2) is 176 Å². The van der Waals surface area contributed by atoms with Gasteiger partial charge in [-0.05, 0) is 70.4 Å². The number of hydrogen-bond donors (Lipinski definition) is 0. The molecule has 52 heavy (non-hydrogen) atoms. The summed E-state index contributed by atoms with van der Waals surface area (Å²) in [4.78, 5) is 10.5. The van der Waals surface area contributed by atoms with Crippen LogP contribution >= 0.6 is 11.3 Å². The first-order valence-electron chi connectivity index (χ1n) is 17.6. The van der Waals surface area contributed by atoms with Gasteiger partial charge in [-0.25, -0.2) is 9.97 Å². The molecule has 0 saturated carbocycles. The van der Waals surface area contributed by atoms with Gasteiger partial charge in [0.15, 0.2) is 5.82 Å². The Labute approximate surface area is 303 Å². The monoisotopic (exact) mass is 679 g/mol. The number of rotatable bonds is 4. The van der Waals surface area contributed by atoms with E-state index in [1.807, 2.05) is 17.4 Å². The molecule has 0 unspecified atom stereocenters. The third-order valence-electron chi connectivity index (χ3n) is 10.4. The first-order valence-corrected chi connectivity index (χ1v) is 18.4. The van der Waals surface area contributed by atoms with Crippen LogP contribution in [0.4, 0.5) is 0 Å². The normalized spacial score (nSPS) is 11.8. The van der Waals surface area contributed by atoms with Crippen LogP contribution in [0.25, 0.3) is 103 Å². The van der Waals surface area contributed by atoms with Gasteiger partial charge in [0.25, 0.3) is 0 Å². The largest absolute Gasteiger partial charge is 0.309 e. The second-order valence-electron chi connectivity index (χ2n) is 13.3. The topological polar surface area (TPSA) is 30.7 Å². The van der Waals surface area contributed by atoms with Gasteiger partial charge < -0.3 is 4.57 Å². The minimum absolute atomic E-state index is 0.743. The molecule has 0 saturated heterocycles. The standard InChI is InChI=1S/C48H29N3S/c1-3-14-30(15-4-1)47-35-20-9-11-23-40(35)49-48(50-47)37-22-13-25-44-46(37)39-28-31(26-27-43(39)52-44)38-29-42-45(34-19-8-7-18-33(34)38)36-21-10-12-24-41(36)51(42)32-16-5-2-6-17-32/h1-29H. The van der Waals surface area contributed by atoms with E-state index in [9.17, 15) is 0 Å². The maximum Gasteiger partial charge on any atom is 0.161 e. The Kier molecular flexibility index (Phi) is 6.42. The van der Waals surface area contributed by atoms with E-state index in [2.05, 4.69) is 174 Å². The van der Waals surface area contributed by atoms with E-state index >= 15 is 0 Å². The van der Waals surface area contributed by atoms with Crippen molar-refractivity contribution in [3.05, 3.63) is 176 Å². The summed E-state index contributed by atoms with van der Waals surface area (Å²) < 4.78 is 4.89. The van der Waals surface area contributed by atoms with Crippen LogP contribution in [0.5, 0.6) is 0 Å². The summed E-state index contributed by atoms with van der Waals surface area (Å²) in [5, 5.41) is 8.52. The van der Waals surface area contributed by atoms with Crippen molar-refractivity contribution in [1.82, 2.24) is 14.5 Å². The fraction of sp³-hybridized carbons (Fsp3) is 0. The highest BCUT2D eigenvalue weighted by atomic mass is 32.1. The molecular formula is C48H29N3S. The summed E-state index contributed by atoms with van der Waals surface area (Å²) in [5.41, 5.74) is 10.0. The molecule has 0 N–H and O–H groups in total. The SMILES string of the molecule is c1ccc(-c2nc(-c3cccc4sc5ccc(-c6cc7c(c8ccccc68)c6ccccc6n7-c6ccccc6)cc5c34)nc3ccccc23)cc1. The molecule has 0 aliphatic heterocycles. The molecule has 0 amide bonds. The molecule has 0 atom stereocenters. The van der Waals surface area contributed by atoms with Gasteiger partial charge >= 0.3 is 0 Å². The van der Waals surface area contributed by atoms with Gasteiger partial charge in [-0.1, -0.05) is 127 Å². The van der Waals surface area contributed by atoms with Gasteiger partial charge in [0, 0.05) is 53.1 Å². The zero-order valence-corrected chi connectivity index (χ0v) is 28.8. The lowest BCUT2D eigenvalue weighted by atomic mass is 9.93. The number of hydrogen-bond acceptors (Lipinski definition) is 3. The van der Waals surface area contributed by atoms with E-state index in [1.54, 1.807) is 0 Å². The smallest absolute Gasteiger partial charge is 0.161 e. The molecule has 8 aromatic carbocycles. The summed E-state index contributed by atoms with van der Waals surface area (Å²) in [7, 11) is 0. The minimum Gasteiger partial charge on any atom is -0.309 e. The summed E-state index contributed by atoms with van der Waals surface area (Å²) in [6.45, 7) is 0. The number of thiophene rings is 1. The van der Waals surface area contributed by atoms with E-state index in [4.69, 9.17) is 9.97 Å². The number of benzene rings is 8. The van der Waals surface area contributed by atoms with Crippen molar-refractivity contribution in [3.8, 4) is 39.5 Å². The van der Waals surface area contributed by atoms with Gasteiger partial charge in [-0.3, -0.25) is 0 Å². The molecule has 3 nitrogen and oxygen atoms in total. The fourth-order valence-electron chi connectivity index (χ4n) is 8.12. The third-order valence-corrected chi connectivity index (χ3v) is 11.5. The van der Waals surface area contributed by atoms with Crippen molar-refractivity contribution < 1.29 is 0 Å². The quantitative estimate of drug-likeness (QED) is 0.185. The Morgan fingerprint density at radius 3 is 1.96 bits per heavy atom. The Morgan fingerprint density at radius 1 is 0.404 bits per heavy atom. The maximum absolute atomic E-state index is 5.28. The Bertz CT molecular complexity index is 3180. The van der Waals surface area contributed by atoms with Crippen molar-refractivity contribution in [1.29, 1.82) is 0 Å². The average Bonchev–Trinajstić information content (AvgIpc) is 3.76. The molecule has 0 spiro atoms. The van der Waals surface area contributed by atoms with E-state index in [0.29, 0.717) is 0 Å². The summed E-state index contributed by atoms with van der Waals surface area (Å²) >= 11 is 1.83. The van der Waals surface area contributed by atoms with Crippen LogP contribution in [0, 0.1) is 0 Å². The molecule has 0 fully saturated rings. The molecule has 242 valence electrons. The summed E-state index contributed by atoms with van der Waals surface area (Å²) in [5.74, 6) is 0.743. The number of para-hydroxylation sites is 3. The molecule has 11 rings (SSSR count). The van der Waals surface area contributed by atoms with Gasteiger partial charge in [-0.15, -0.1) is 11.3 Å². The van der Waals surface area contributed by atoms with Crippen LogP contribution in [0.3, 0.4) is 0 Å². The second-order valence-corrected chi connectivity index (χ2v) is 14.4. The number of aromatic nitrogens is 3.